The van der Waals surface area contributed by atoms with Crippen molar-refractivity contribution in [2.75, 3.05) is 26.7 Å². The van der Waals surface area contributed by atoms with E-state index in [-0.39, 0.29) is 11.9 Å². The minimum Gasteiger partial charge on any atom is -0.348 e. The molecule has 4 heteroatoms. The molecule has 1 aliphatic heterocycles. The Hall–Kier alpha value is -1.39. The van der Waals surface area contributed by atoms with Gasteiger partial charge in [-0.2, -0.15) is 0 Å². The summed E-state index contributed by atoms with van der Waals surface area (Å²) >= 11 is 0. The van der Waals surface area contributed by atoms with E-state index in [2.05, 4.69) is 15.5 Å². The van der Waals surface area contributed by atoms with Gasteiger partial charge in [0.2, 0.25) is 5.91 Å². The van der Waals surface area contributed by atoms with Crippen molar-refractivity contribution in [3.8, 4) is 0 Å². The van der Waals surface area contributed by atoms with Crippen molar-refractivity contribution < 1.29 is 4.79 Å². The first-order chi connectivity index (χ1) is 9.69. The average molecular weight is 275 g/mol. The third kappa shape index (κ3) is 4.32. The first-order valence-corrected chi connectivity index (χ1v) is 7.43. The molecule has 0 spiro atoms. The van der Waals surface area contributed by atoms with Crippen molar-refractivity contribution in [2.24, 2.45) is 0 Å². The van der Waals surface area contributed by atoms with Crippen LogP contribution in [0.5, 0.6) is 0 Å². The number of hydrogen-bond donors (Lipinski definition) is 2. The number of nitrogens with zero attached hydrogens (tertiary/aromatic N) is 1. The molecule has 0 saturated carbocycles. The van der Waals surface area contributed by atoms with Crippen LogP contribution < -0.4 is 10.6 Å². The summed E-state index contributed by atoms with van der Waals surface area (Å²) in [5.41, 5.74) is 1.15. The minimum absolute atomic E-state index is 0.0681. The molecule has 1 aromatic rings. The van der Waals surface area contributed by atoms with Crippen LogP contribution in [0.25, 0.3) is 0 Å². The molecule has 1 atom stereocenters. The topological polar surface area (TPSA) is 44.4 Å². The van der Waals surface area contributed by atoms with Crippen molar-refractivity contribution in [1.82, 2.24) is 15.5 Å². The fourth-order valence-electron chi connectivity index (χ4n) is 2.70. The maximum atomic E-state index is 12.1. The van der Waals surface area contributed by atoms with Gasteiger partial charge < -0.3 is 10.6 Å². The Labute approximate surface area is 121 Å². The maximum Gasteiger partial charge on any atom is 0.234 e. The SMILES string of the molecule is CNC1CCN(CC(=O)NC(C)c2ccccc2)CC1. The van der Waals surface area contributed by atoms with Crippen LogP contribution in [0.1, 0.15) is 31.4 Å². The van der Waals surface area contributed by atoms with Crippen molar-refractivity contribution in [2.45, 2.75) is 31.8 Å². The predicted octanol–water partition coefficient (Wildman–Crippen LogP) is 1.55. The quantitative estimate of drug-likeness (QED) is 0.857. The number of amides is 1. The monoisotopic (exact) mass is 275 g/mol. The van der Waals surface area contributed by atoms with Crippen LogP contribution in [0.15, 0.2) is 30.3 Å². The highest BCUT2D eigenvalue weighted by Gasteiger charge is 2.20. The summed E-state index contributed by atoms with van der Waals surface area (Å²) in [5, 5.41) is 6.38. The van der Waals surface area contributed by atoms with Gasteiger partial charge in [0.05, 0.1) is 12.6 Å². The molecule has 1 saturated heterocycles. The van der Waals surface area contributed by atoms with Gasteiger partial charge in [0.25, 0.3) is 0 Å². The van der Waals surface area contributed by atoms with Crippen molar-refractivity contribution >= 4 is 5.91 Å². The van der Waals surface area contributed by atoms with E-state index >= 15 is 0 Å². The number of carbonyl (C=O) groups is 1. The van der Waals surface area contributed by atoms with Crippen LogP contribution in [-0.2, 0) is 4.79 Å². The maximum absolute atomic E-state index is 12.1. The van der Waals surface area contributed by atoms with Crippen LogP contribution >= 0.6 is 0 Å². The van der Waals surface area contributed by atoms with Crippen LogP contribution in [0.4, 0.5) is 0 Å². The summed E-state index contributed by atoms with van der Waals surface area (Å²) in [5.74, 6) is 0.115. The van der Waals surface area contributed by atoms with E-state index in [1.807, 2.05) is 44.3 Å². The summed E-state index contributed by atoms with van der Waals surface area (Å²) in [6.07, 6.45) is 2.25. The lowest BCUT2D eigenvalue weighted by molar-refractivity contribution is -0.123. The Kier molecular flexibility index (Phi) is 5.56. The lowest BCUT2D eigenvalue weighted by Gasteiger charge is -2.31. The molecule has 20 heavy (non-hydrogen) atoms. The van der Waals surface area contributed by atoms with Gasteiger partial charge in [0.15, 0.2) is 0 Å². The summed E-state index contributed by atoms with van der Waals surface area (Å²) in [7, 11) is 2.01. The fraction of sp³-hybridized carbons (Fsp3) is 0.562. The number of nitrogens with one attached hydrogen (secondary N) is 2. The lowest BCUT2D eigenvalue weighted by Crippen LogP contribution is -2.45. The molecule has 1 aliphatic rings. The summed E-state index contributed by atoms with van der Waals surface area (Å²) in [6, 6.07) is 10.8. The molecule has 2 rings (SSSR count). The Balaban J connectivity index is 1.76. The van der Waals surface area contributed by atoms with Crippen LogP contribution in [0, 0.1) is 0 Å². The molecule has 0 radical (unpaired) electrons. The molecule has 1 amide bonds. The van der Waals surface area contributed by atoms with Gasteiger partial charge in [-0.3, -0.25) is 9.69 Å². The number of rotatable bonds is 5. The first kappa shape index (κ1) is 15.0. The molecule has 110 valence electrons. The van der Waals surface area contributed by atoms with Crippen molar-refractivity contribution in [1.29, 1.82) is 0 Å². The Bertz CT molecular complexity index is 413. The number of hydrogen-bond acceptors (Lipinski definition) is 3. The molecule has 4 nitrogen and oxygen atoms in total. The smallest absolute Gasteiger partial charge is 0.234 e. The minimum atomic E-state index is 0.0681. The zero-order chi connectivity index (χ0) is 14.4. The zero-order valence-electron chi connectivity index (χ0n) is 12.4. The third-order valence-electron chi connectivity index (χ3n) is 4.04. The van der Waals surface area contributed by atoms with E-state index in [9.17, 15) is 4.79 Å². The average Bonchev–Trinajstić information content (AvgIpc) is 2.49. The second-order valence-corrected chi connectivity index (χ2v) is 5.54. The van der Waals surface area contributed by atoms with Gasteiger partial charge >= 0.3 is 0 Å². The molecule has 0 bridgehead atoms. The second kappa shape index (κ2) is 7.41. The van der Waals surface area contributed by atoms with Gasteiger partial charge in [-0.15, -0.1) is 0 Å². The molecular weight excluding hydrogens is 250 g/mol. The van der Waals surface area contributed by atoms with Gasteiger partial charge in [0, 0.05) is 19.1 Å². The standard InChI is InChI=1S/C16H25N3O/c1-13(14-6-4-3-5-7-14)18-16(20)12-19-10-8-15(17-2)9-11-19/h3-7,13,15,17H,8-12H2,1-2H3,(H,18,20). The van der Waals surface area contributed by atoms with E-state index in [4.69, 9.17) is 0 Å². The van der Waals surface area contributed by atoms with Gasteiger partial charge in [0.1, 0.15) is 0 Å². The highest BCUT2D eigenvalue weighted by molar-refractivity contribution is 5.78. The lowest BCUT2D eigenvalue weighted by atomic mass is 10.1. The Morgan fingerprint density at radius 3 is 2.55 bits per heavy atom. The van der Waals surface area contributed by atoms with E-state index in [0.29, 0.717) is 12.6 Å². The summed E-state index contributed by atoms with van der Waals surface area (Å²) in [4.78, 5) is 14.3. The molecule has 2 N–H and O–H groups in total. The summed E-state index contributed by atoms with van der Waals surface area (Å²) in [6.45, 7) is 4.53. The van der Waals surface area contributed by atoms with Crippen LogP contribution in [0.3, 0.4) is 0 Å². The van der Waals surface area contributed by atoms with E-state index < -0.39 is 0 Å². The first-order valence-electron chi connectivity index (χ1n) is 7.43. The number of benzene rings is 1. The molecular formula is C16H25N3O. The number of piperidine rings is 1. The molecule has 1 aromatic carbocycles. The molecule has 0 aromatic heterocycles. The largest absolute Gasteiger partial charge is 0.348 e. The molecule has 1 unspecified atom stereocenters. The molecule has 1 heterocycles. The molecule has 0 aliphatic carbocycles. The Morgan fingerprint density at radius 1 is 1.30 bits per heavy atom. The van der Waals surface area contributed by atoms with Crippen molar-refractivity contribution in [3.63, 3.8) is 0 Å². The third-order valence-corrected chi connectivity index (χ3v) is 4.04. The number of carbonyl (C=O) groups excluding carboxylic acids is 1. The number of likely N-dealkylation sites (tertiary alicyclic amines) is 1. The van der Waals surface area contributed by atoms with Gasteiger partial charge in [-0.05, 0) is 32.4 Å². The predicted molar refractivity (Wildman–Crippen MR) is 81.5 cm³/mol. The van der Waals surface area contributed by atoms with E-state index in [1.165, 1.54) is 0 Å². The van der Waals surface area contributed by atoms with Crippen molar-refractivity contribution in [3.05, 3.63) is 35.9 Å². The molecule has 1 fully saturated rings. The van der Waals surface area contributed by atoms with Gasteiger partial charge in [-0.1, -0.05) is 30.3 Å². The zero-order valence-corrected chi connectivity index (χ0v) is 12.4. The van der Waals surface area contributed by atoms with Gasteiger partial charge in [-0.25, -0.2) is 0 Å². The summed E-state index contributed by atoms with van der Waals surface area (Å²) < 4.78 is 0. The fourth-order valence-corrected chi connectivity index (χ4v) is 2.70. The normalized spacial score (nSPS) is 18.7. The highest BCUT2D eigenvalue weighted by atomic mass is 16.2. The highest BCUT2D eigenvalue weighted by Crippen LogP contribution is 2.12. The van der Waals surface area contributed by atoms with E-state index in [0.717, 1.165) is 31.5 Å². The van der Waals surface area contributed by atoms with Crippen LogP contribution in [0.2, 0.25) is 0 Å². The second-order valence-electron chi connectivity index (χ2n) is 5.54. The Morgan fingerprint density at radius 2 is 1.95 bits per heavy atom. The van der Waals surface area contributed by atoms with Crippen LogP contribution in [-0.4, -0.2) is 43.5 Å². The van der Waals surface area contributed by atoms with E-state index in [1.54, 1.807) is 0 Å².